The Bertz CT molecular complexity index is 1050. The van der Waals surface area contributed by atoms with Crippen LogP contribution < -0.4 is 4.89 Å². The lowest BCUT2D eigenvalue weighted by atomic mass is 10.0. The van der Waals surface area contributed by atoms with Gasteiger partial charge in [0.25, 0.3) is 7.82 Å². The van der Waals surface area contributed by atoms with Gasteiger partial charge in [-0.2, -0.15) is 0 Å². The van der Waals surface area contributed by atoms with Crippen LogP contribution in [0.4, 0.5) is 0 Å². The zero-order valence-corrected chi connectivity index (χ0v) is 44.2. The normalized spacial score (nSPS) is 13.3. The molecule has 0 fully saturated rings. The van der Waals surface area contributed by atoms with Gasteiger partial charge < -0.3 is 27.9 Å². The van der Waals surface area contributed by atoms with Crippen LogP contribution in [0.1, 0.15) is 284 Å². The van der Waals surface area contributed by atoms with Gasteiger partial charge in [-0.05, 0) is 12.8 Å². The van der Waals surface area contributed by atoms with E-state index in [9.17, 15) is 19.0 Å². The molecule has 0 amide bonds. The molecule has 0 rings (SSSR count). The van der Waals surface area contributed by atoms with Gasteiger partial charge in [0.2, 0.25) is 0 Å². The predicted octanol–water partition coefficient (Wildman–Crippen LogP) is 16.1. The number of rotatable bonds is 52. The summed E-state index contributed by atoms with van der Waals surface area (Å²) in [5.74, 6) is -0.811. The highest BCUT2D eigenvalue weighted by Crippen LogP contribution is 2.38. The lowest BCUT2D eigenvalue weighted by molar-refractivity contribution is -0.870. The molecule has 0 aliphatic carbocycles. The first kappa shape index (κ1) is 63.0. The zero-order valence-electron chi connectivity index (χ0n) is 43.3. The lowest BCUT2D eigenvalue weighted by Gasteiger charge is -2.28. The molecule has 0 aromatic carbocycles. The monoisotopic (exact) mass is 930 g/mol. The van der Waals surface area contributed by atoms with Crippen molar-refractivity contribution in [2.45, 2.75) is 290 Å². The maximum absolute atomic E-state index is 12.8. The van der Waals surface area contributed by atoms with Crippen LogP contribution in [0.5, 0.6) is 0 Å². The molecule has 1 unspecified atom stereocenters. The molecule has 0 aromatic rings. The van der Waals surface area contributed by atoms with Crippen molar-refractivity contribution < 1.29 is 42.1 Å². The van der Waals surface area contributed by atoms with Crippen molar-refractivity contribution in [3.63, 3.8) is 0 Å². The number of likely N-dealkylation sites (N-methyl/N-ethyl adjacent to an activating group) is 1. The highest BCUT2D eigenvalue weighted by atomic mass is 31.2. The number of quaternary nitrogens is 1. The molecule has 9 nitrogen and oxygen atoms in total. The summed E-state index contributed by atoms with van der Waals surface area (Å²) in [5.41, 5.74) is 0. The Morgan fingerprint density at radius 3 is 1.00 bits per heavy atom. The van der Waals surface area contributed by atoms with E-state index in [1.54, 1.807) is 0 Å². The van der Waals surface area contributed by atoms with E-state index in [0.29, 0.717) is 17.4 Å². The molecular weight excluding hydrogens is 822 g/mol. The summed E-state index contributed by atoms with van der Waals surface area (Å²) in [6.07, 6.45) is 51.4. The molecule has 0 bridgehead atoms. The third-order valence-corrected chi connectivity index (χ3v) is 13.6. The van der Waals surface area contributed by atoms with E-state index in [1.807, 2.05) is 21.1 Å². The average Bonchev–Trinajstić information content (AvgIpc) is 3.25. The average molecular weight is 930 g/mol. The van der Waals surface area contributed by atoms with Crippen LogP contribution in [-0.2, 0) is 32.7 Å². The fraction of sp³-hybridized carbons (Fsp3) is 0.963. The van der Waals surface area contributed by atoms with Gasteiger partial charge in [0.05, 0.1) is 27.7 Å². The second-order valence-electron chi connectivity index (χ2n) is 20.3. The number of esters is 2. The summed E-state index contributed by atoms with van der Waals surface area (Å²) in [6, 6.07) is 0. The third kappa shape index (κ3) is 50.4. The molecule has 0 spiro atoms. The summed E-state index contributed by atoms with van der Waals surface area (Å²) in [5, 5.41) is 0. The third-order valence-electron chi connectivity index (χ3n) is 12.6. The molecule has 2 atom stereocenters. The molecule has 0 saturated carbocycles. The number of phosphoric acid groups is 1. The highest BCUT2D eigenvalue weighted by molar-refractivity contribution is 7.45. The van der Waals surface area contributed by atoms with Gasteiger partial charge in [-0.15, -0.1) is 0 Å². The molecule has 0 aliphatic heterocycles. The minimum atomic E-state index is -4.62. The van der Waals surface area contributed by atoms with Crippen molar-refractivity contribution >= 4 is 19.8 Å². The number of carbonyl (C=O) groups is 2. The Morgan fingerprint density at radius 1 is 0.422 bits per heavy atom. The standard InChI is InChI=1S/C54H108NO8P/c1-6-8-10-12-14-16-18-20-22-24-25-26-27-28-29-31-32-34-36-38-40-42-44-46-53(56)60-50-52(51-62-64(58,59)61-49-48-55(3,4)5)63-54(57)47-45-43-41-39-37-35-33-30-23-21-19-17-15-13-11-9-7-2/h52H,6-51H2,1-5H3/t52-/m0/s1. The first-order valence-corrected chi connectivity index (χ1v) is 29.2. The summed E-state index contributed by atoms with van der Waals surface area (Å²) in [4.78, 5) is 37.8. The smallest absolute Gasteiger partial charge is 0.306 e. The molecule has 382 valence electrons. The SMILES string of the molecule is CCCCCCCCCCCCCCCCCCCCCCCCCC(=O)OC[C@@H](COP(=O)([O-])OCC[N+](C)(C)C)OC(=O)CCCCCCCCCCCCCCCCCCC. The zero-order chi connectivity index (χ0) is 47.1. The number of carbonyl (C=O) groups excluding carboxylic acids is 2. The van der Waals surface area contributed by atoms with Gasteiger partial charge in [0.15, 0.2) is 6.10 Å². The maximum Gasteiger partial charge on any atom is 0.306 e. The molecule has 10 heteroatoms. The van der Waals surface area contributed by atoms with Crippen LogP contribution in [0.3, 0.4) is 0 Å². The quantitative estimate of drug-likeness (QED) is 0.0257. The van der Waals surface area contributed by atoms with Crippen LogP contribution in [0.15, 0.2) is 0 Å². The van der Waals surface area contributed by atoms with Crippen LogP contribution in [0.25, 0.3) is 0 Å². The number of phosphoric ester groups is 1. The van der Waals surface area contributed by atoms with E-state index in [-0.39, 0.29) is 32.0 Å². The van der Waals surface area contributed by atoms with Gasteiger partial charge in [-0.1, -0.05) is 258 Å². The van der Waals surface area contributed by atoms with E-state index >= 15 is 0 Å². The van der Waals surface area contributed by atoms with E-state index in [0.717, 1.165) is 32.1 Å². The predicted molar refractivity (Wildman–Crippen MR) is 269 cm³/mol. The summed E-state index contributed by atoms with van der Waals surface area (Å²) in [7, 11) is 1.19. The highest BCUT2D eigenvalue weighted by Gasteiger charge is 2.22. The van der Waals surface area contributed by atoms with Gasteiger partial charge in [-0.3, -0.25) is 14.2 Å². The number of hydrogen-bond acceptors (Lipinski definition) is 8. The number of unbranched alkanes of at least 4 members (excludes halogenated alkanes) is 38. The van der Waals surface area contributed by atoms with Crippen molar-refractivity contribution in [1.82, 2.24) is 0 Å². The van der Waals surface area contributed by atoms with Crippen molar-refractivity contribution in [2.24, 2.45) is 0 Å². The van der Waals surface area contributed by atoms with Crippen LogP contribution in [-0.4, -0.2) is 70.0 Å². The molecular formula is C54H108NO8P. The first-order chi connectivity index (χ1) is 31.0. The van der Waals surface area contributed by atoms with Gasteiger partial charge in [0.1, 0.15) is 19.8 Å². The van der Waals surface area contributed by atoms with Gasteiger partial charge in [0, 0.05) is 12.8 Å². The number of hydrogen-bond donors (Lipinski definition) is 0. The molecule has 64 heavy (non-hydrogen) atoms. The molecule has 0 heterocycles. The summed E-state index contributed by atoms with van der Waals surface area (Å²) in [6.45, 7) is 4.30. The van der Waals surface area contributed by atoms with E-state index in [2.05, 4.69) is 13.8 Å². The van der Waals surface area contributed by atoms with Crippen molar-refractivity contribution in [1.29, 1.82) is 0 Å². The van der Waals surface area contributed by atoms with E-state index in [1.165, 1.54) is 218 Å². The Balaban J connectivity index is 4.12. The van der Waals surface area contributed by atoms with Crippen LogP contribution in [0.2, 0.25) is 0 Å². The van der Waals surface area contributed by atoms with E-state index in [4.69, 9.17) is 18.5 Å². The maximum atomic E-state index is 12.8. The molecule has 0 N–H and O–H groups in total. The Hall–Kier alpha value is -0.990. The first-order valence-electron chi connectivity index (χ1n) is 27.7. The molecule has 0 saturated heterocycles. The second kappa shape index (κ2) is 47.1. The second-order valence-corrected chi connectivity index (χ2v) is 21.7. The van der Waals surface area contributed by atoms with Gasteiger partial charge in [-0.25, -0.2) is 0 Å². The Morgan fingerprint density at radius 2 is 0.703 bits per heavy atom. The Labute approximate surface area is 397 Å². The van der Waals surface area contributed by atoms with Crippen LogP contribution >= 0.6 is 7.82 Å². The fourth-order valence-corrected chi connectivity index (χ4v) is 9.03. The van der Waals surface area contributed by atoms with Crippen molar-refractivity contribution in [3.05, 3.63) is 0 Å². The van der Waals surface area contributed by atoms with Gasteiger partial charge >= 0.3 is 11.9 Å². The minimum Gasteiger partial charge on any atom is -0.756 e. The minimum absolute atomic E-state index is 0.0252. The largest absolute Gasteiger partial charge is 0.756 e. The summed E-state index contributed by atoms with van der Waals surface area (Å²) < 4.78 is 34.1. The lowest BCUT2D eigenvalue weighted by Crippen LogP contribution is -2.37. The topological polar surface area (TPSA) is 111 Å². The molecule has 0 aromatic heterocycles. The van der Waals surface area contributed by atoms with E-state index < -0.39 is 26.5 Å². The molecule has 0 radical (unpaired) electrons. The molecule has 0 aliphatic rings. The van der Waals surface area contributed by atoms with Crippen LogP contribution in [0, 0.1) is 0 Å². The fourth-order valence-electron chi connectivity index (χ4n) is 8.31. The summed E-state index contributed by atoms with van der Waals surface area (Å²) >= 11 is 0. The van der Waals surface area contributed by atoms with Crippen molar-refractivity contribution in [2.75, 3.05) is 47.5 Å². The number of nitrogens with zero attached hydrogens (tertiary/aromatic N) is 1. The van der Waals surface area contributed by atoms with Crippen molar-refractivity contribution in [3.8, 4) is 0 Å². The Kier molecular flexibility index (Phi) is 46.4. The number of ether oxygens (including phenoxy) is 2.